The number of carbonyl (C=O) groups excluding carboxylic acids is 1. The summed E-state index contributed by atoms with van der Waals surface area (Å²) in [4.78, 5) is 24.5. The summed E-state index contributed by atoms with van der Waals surface area (Å²) in [5.74, 6) is -1.19. The number of hydrogen-bond acceptors (Lipinski definition) is 3. The summed E-state index contributed by atoms with van der Waals surface area (Å²) in [5, 5.41) is 12.3. The molecular formula is C31H27NO4. The van der Waals surface area contributed by atoms with Crippen molar-refractivity contribution in [2.75, 3.05) is 6.61 Å². The Bertz CT molecular complexity index is 1360. The van der Waals surface area contributed by atoms with Crippen LogP contribution in [0.25, 0.3) is 22.3 Å². The van der Waals surface area contributed by atoms with E-state index in [2.05, 4.69) is 36.5 Å². The molecule has 0 saturated carbocycles. The molecule has 0 spiro atoms. The molecule has 0 fully saturated rings. The van der Waals surface area contributed by atoms with Crippen LogP contribution in [-0.4, -0.2) is 29.8 Å². The van der Waals surface area contributed by atoms with E-state index >= 15 is 0 Å². The lowest BCUT2D eigenvalue weighted by atomic mass is 9.98. The predicted molar refractivity (Wildman–Crippen MR) is 140 cm³/mol. The van der Waals surface area contributed by atoms with Crippen molar-refractivity contribution in [1.29, 1.82) is 0 Å². The Kier molecular flexibility index (Phi) is 6.54. The van der Waals surface area contributed by atoms with E-state index < -0.39 is 18.1 Å². The van der Waals surface area contributed by atoms with Crippen LogP contribution in [0.5, 0.6) is 0 Å². The van der Waals surface area contributed by atoms with Crippen LogP contribution < -0.4 is 5.32 Å². The molecule has 2 N–H and O–H groups in total. The first kappa shape index (κ1) is 23.4. The zero-order valence-electron chi connectivity index (χ0n) is 20.0. The molecule has 0 bridgehead atoms. The Labute approximate surface area is 210 Å². The van der Waals surface area contributed by atoms with Crippen molar-refractivity contribution < 1.29 is 19.4 Å². The Balaban J connectivity index is 1.23. The molecule has 1 atom stereocenters. The van der Waals surface area contributed by atoms with Gasteiger partial charge in [0.2, 0.25) is 0 Å². The van der Waals surface area contributed by atoms with Gasteiger partial charge in [0.05, 0.1) is 0 Å². The van der Waals surface area contributed by atoms with Crippen LogP contribution in [0.4, 0.5) is 4.79 Å². The third-order valence-electron chi connectivity index (χ3n) is 6.78. The van der Waals surface area contributed by atoms with Crippen LogP contribution >= 0.6 is 0 Å². The van der Waals surface area contributed by atoms with Gasteiger partial charge in [-0.3, -0.25) is 0 Å². The van der Waals surface area contributed by atoms with E-state index in [1.807, 2.05) is 72.8 Å². The highest BCUT2D eigenvalue weighted by Crippen LogP contribution is 2.44. The van der Waals surface area contributed by atoms with E-state index in [1.54, 1.807) is 0 Å². The van der Waals surface area contributed by atoms with Gasteiger partial charge in [-0.2, -0.15) is 0 Å². The number of ether oxygens (including phenoxy) is 1. The standard InChI is InChI=1S/C31H27NO4/c1-20-8-2-3-9-23(20)22-16-14-21(15-17-22)18-29(30(33)34)32-31(35)36-19-28-26-12-6-4-10-24(26)25-11-5-7-13-27(25)28/h2-17,28-29H,18-19H2,1H3,(H,32,35)(H,33,34)/t29-/m1/s1. The van der Waals surface area contributed by atoms with E-state index in [4.69, 9.17) is 4.74 Å². The smallest absolute Gasteiger partial charge is 0.407 e. The quantitative estimate of drug-likeness (QED) is 0.332. The van der Waals surface area contributed by atoms with Crippen LogP contribution in [0.1, 0.15) is 28.2 Å². The molecule has 0 saturated heterocycles. The minimum Gasteiger partial charge on any atom is -0.480 e. The number of alkyl carbamates (subject to hydrolysis) is 1. The fourth-order valence-electron chi connectivity index (χ4n) is 4.94. The van der Waals surface area contributed by atoms with Crippen molar-refractivity contribution in [3.05, 3.63) is 119 Å². The summed E-state index contributed by atoms with van der Waals surface area (Å²) in [7, 11) is 0. The number of aliphatic carboxylic acids is 1. The Morgan fingerprint density at radius 2 is 1.36 bits per heavy atom. The van der Waals surface area contributed by atoms with Crippen LogP contribution in [0.2, 0.25) is 0 Å². The minimum absolute atomic E-state index is 0.0829. The molecule has 180 valence electrons. The summed E-state index contributed by atoms with van der Waals surface area (Å²) in [6.07, 6.45) is -0.575. The molecule has 4 aromatic rings. The second-order valence-electron chi connectivity index (χ2n) is 9.08. The summed E-state index contributed by atoms with van der Waals surface area (Å²) < 4.78 is 5.53. The van der Waals surface area contributed by atoms with Crippen LogP contribution in [0.3, 0.4) is 0 Å². The Morgan fingerprint density at radius 1 is 0.806 bits per heavy atom. The number of rotatable bonds is 7. The first-order chi connectivity index (χ1) is 17.5. The molecule has 36 heavy (non-hydrogen) atoms. The number of carboxylic acids is 1. The average Bonchev–Trinajstić information content (AvgIpc) is 3.21. The van der Waals surface area contributed by atoms with E-state index in [0.717, 1.165) is 38.9 Å². The predicted octanol–water partition coefficient (Wildman–Crippen LogP) is 6.20. The zero-order valence-corrected chi connectivity index (χ0v) is 20.0. The van der Waals surface area contributed by atoms with Gasteiger partial charge in [-0.05, 0) is 51.4 Å². The third-order valence-corrected chi connectivity index (χ3v) is 6.78. The molecule has 5 rings (SSSR count). The number of amides is 1. The SMILES string of the molecule is Cc1ccccc1-c1ccc(C[C@@H](NC(=O)OCC2c3ccccc3-c3ccccc32)C(=O)O)cc1. The minimum atomic E-state index is -1.11. The van der Waals surface area contributed by atoms with Gasteiger partial charge in [0, 0.05) is 12.3 Å². The van der Waals surface area contributed by atoms with Gasteiger partial charge in [0.1, 0.15) is 12.6 Å². The third kappa shape index (κ3) is 4.73. The maximum Gasteiger partial charge on any atom is 0.407 e. The van der Waals surface area contributed by atoms with Crippen molar-refractivity contribution in [1.82, 2.24) is 5.32 Å². The van der Waals surface area contributed by atoms with Crippen LogP contribution in [-0.2, 0) is 16.0 Å². The van der Waals surface area contributed by atoms with Gasteiger partial charge in [-0.25, -0.2) is 9.59 Å². The molecule has 1 amide bonds. The number of fused-ring (bicyclic) bond motifs is 3. The monoisotopic (exact) mass is 477 g/mol. The molecule has 0 aliphatic heterocycles. The lowest BCUT2D eigenvalue weighted by Gasteiger charge is -2.18. The highest BCUT2D eigenvalue weighted by atomic mass is 16.5. The maximum absolute atomic E-state index is 12.6. The van der Waals surface area contributed by atoms with Crippen molar-refractivity contribution in [2.45, 2.75) is 25.3 Å². The highest BCUT2D eigenvalue weighted by molar-refractivity contribution is 5.81. The topological polar surface area (TPSA) is 75.6 Å². The molecule has 1 aliphatic rings. The first-order valence-corrected chi connectivity index (χ1v) is 12.0. The number of nitrogens with one attached hydrogen (secondary N) is 1. The summed E-state index contributed by atoms with van der Waals surface area (Å²) in [6.45, 7) is 2.19. The molecule has 5 heteroatoms. The lowest BCUT2D eigenvalue weighted by molar-refractivity contribution is -0.139. The highest BCUT2D eigenvalue weighted by Gasteiger charge is 2.29. The number of aryl methyl sites for hydroxylation is 1. The van der Waals surface area contributed by atoms with Gasteiger partial charge >= 0.3 is 12.1 Å². The van der Waals surface area contributed by atoms with Crippen LogP contribution in [0, 0.1) is 6.92 Å². The molecular weight excluding hydrogens is 450 g/mol. The van der Waals surface area contributed by atoms with E-state index in [-0.39, 0.29) is 18.9 Å². The Hall–Kier alpha value is -4.38. The van der Waals surface area contributed by atoms with Crippen molar-refractivity contribution in [3.63, 3.8) is 0 Å². The molecule has 0 heterocycles. The zero-order chi connectivity index (χ0) is 25.1. The second-order valence-corrected chi connectivity index (χ2v) is 9.08. The molecule has 0 radical (unpaired) electrons. The van der Waals surface area contributed by atoms with Gasteiger partial charge in [0.15, 0.2) is 0 Å². The molecule has 5 nitrogen and oxygen atoms in total. The van der Waals surface area contributed by atoms with Crippen molar-refractivity contribution >= 4 is 12.1 Å². The summed E-state index contributed by atoms with van der Waals surface area (Å²) in [6, 6.07) is 30.9. The van der Waals surface area contributed by atoms with E-state index in [9.17, 15) is 14.7 Å². The molecule has 0 unspecified atom stereocenters. The number of hydrogen-bond donors (Lipinski definition) is 2. The van der Waals surface area contributed by atoms with E-state index in [1.165, 1.54) is 5.56 Å². The first-order valence-electron chi connectivity index (χ1n) is 12.0. The van der Waals surface area contributed by atoms with Gasteiger partial charge in [0.25, 0.3) is 0 Å². The summed E-state index contributed by atoms with van der Waals surface area (Å²) in [5.41, 5.74) is 8.68. The number of benzene rings is 4. The molecule has 0 aromatic heterocycles. The van der Waals surface area contributed by atoms with E-state index in [0.29, 0.717) is 0 Å². The number of carboxylic acid groups (broad SMARTS) is 1. The summed E-state index contributed by atoms with van der Waals surface area (Å²) >= 11 is 0. The van der Waals surface area contributed by atoms with Crippen molar-refractivity contribution in [3.8, 4) is 22.3 Å². The molecule has 4 aromatic carbocycles. The van der Waals surface area contributed by atoms with Gasteiger partial charge < -0.3 is 15.2 Å². The largest absolute Gasteiger partial charge is 0.480 e. The van der Waals surface area contributed by atoms with Crippen molar-refractivity contribution in [2.24, 2.45) is 0 Å². The normalized spacial score (nSPS) is 12.9. The Morgan fingerprint density at radius 3 is 1.94 bits per heavy atom. The fraction of sp³-hybridized carbons (Fsp3) is 0.161. The van der Waals surface area contributed by atoms with Gasteiger partial charge in [-0.15, -0.1) is 0 Å². The number of carbonyl (C=O) groups is 2. The fourth-order valence-corrected chi connectivity index (χ4v) is 4.94. The maximum atomic E-state index is 12.6. The second kappa shape index (κ2) is 10.1. The lowest BCUT2D eigenvalue weighted by Crippen LogP contribution is -2.42. The molecule has 1 aliphatic carbocycles. The van der Waals surface area contributed by atoms with Gasteiger partial charge in [-0.1, -0.05) is 97.1 Å². The van der Waals surface area contributed by atoms with Crippen LogP contribution in [0.15, 0.2) is 97.1 Å². The average molecular weight is 478 g/mol.